The molecule has 0 amide bonds. The molecule has 5 aliphatic rings. The highest BCUT2D eigenvalue weighted by Crippen LogP contribution is 2.47. The highest BCUT2D eigenvalue weighted by atomic mass is 16.6. The zero-order valence-electron chi connectivity index (χ0n) is 32.5. The highest BCUT2D eigenvalue weighted by Gasteiger charge is 2.55. The van der Waals surface area contributed by atoms with Gasteiger partial charge in [-0.2, -0.15) is 0 Å². The molecular weight excluding hydrogens is 692 g/mol. The predicted octanol–water partition coefficient (Wildman–Crippen LogP) is 5.65. The summed E-state index contributed by atoms with van der Waals surface area (Å²) in [6.07, 6.45) is 8.52. The monoisotopic (exact) mass is 748 g/mol. The summed E-state index contributed by atoms with van der Waals surface area (Å²) in [4.78, 5) is 50.1. The van der Waals surface area contributed by atoms with Crippen molar-refractivity contribution < 1.29 is 56.6 Å². The Morgan fingerprint density at radius 1 is 0.556 bits per heavy atom. The summed E-state index contributed by atoms with van der Waals surface area (Å²) in [6.45, 7) is 4.37. The van der Waals surface area contributed by atoms with E-state index in [1.54, 1.807) is 26.4 Å². The Labute approximate surface area is 318 Å². The number of methoxy groups -OCH3 is 2. The van der Waals surface area contributed by atoms with Crippen LogP contribution in [0.3, 0.4) is 0 Å². The van der Waals surface area contributed by atoms with Crippen LogP contribution in [0.1, 0.15) is 89.2 Å². The van der Waals surface area contributed by atoms with Crippen LogP contribution in [0, 0.1) is 11.8 Å². The second-order valence-electron chi connectivity index (χ2n) is 16.8. The molecule has 292 valence electrons. The Bertz CT molecular complexity index is 1620. The number of ether oxygens (including phenoxy) is 6. The first-order valence-corrected chi connectivity index (χ1v) is 19.6. The van der Waals surface area contributed by atoms with Gasteiger partial charge in [-0.15, -0.1) is 0 Å². The van der Waals surface area contributed by atoms with Crippen LogP contribution in [0.15, 0.2) is 36.4 Å². The van der Waals surface area contributed by atoms with Crippen molar-refractivity contribution in [2.45, 2.75) is 128 Å². The van der Waals surface area contributed by atoms with E-state index in [1.807, 2.05) is 24.3 Å². The number of nitrogens with zero attached hydrogens (tertiary/aromatic N) is 2. The topological polar surface area (TPSA) is 124 Å². The van der Waals surface area contributed by atoms with E-state index in [9.17, 15) is 19.2 Å². The molecule has 54 heavy (non-hydrogen) atoms. The van der Waals surface area contributed by atoms with Crippen molar-refractivity contribution in [1.29, 1.82) is 0 Å². The molecule has 4 heterocycles. The Morgan fingerprint density at radius 3 is 1.20 bits per heavy atom. The molecule has 5 fully saturated rings. The molecule has 4 bridgehead atoms. The maximum absolute atomic E-state index is 13.5. The van der Waals surface area contributed by atoms with Gasteiger partial charge in [0.2, 0.25) is 0 Å². The summed E-state index contributed by atoms with van der Waals surface area (Å²) in [5, 5.41) is 0. The third-order valence-corrected chi connectivity index (χ3v) is 13.6. The van der Waals surface area contributed by atoms with Gasteiger partial charge in [-0.1, -0.05) is 0 Å². The molecule has 4 aliphatic heterocycles. The van der Waals surface area contributed by atoms with Gasteiger partial charge in [-0.25, -0.2) is 0 Å². The molecule has 1 aliphatic carbocycles. The van der Waals surface area contributed by atoms with Crippen molar-refractivity contribution in [2.75, 3.05) is 28.3 Å². The van der Waals surface area contributed by atoms with Gasteiger partial charge in [-0.05, 0) is 49.2 Å². The summed E-state index contributed by atoms with van der Waals surface area (Å²) in [6, 6.07) is 12.9. The number of benzene rings is 2. The van der Waals surface area contributed by atoms with Crippen molar-refractivity contribution in [3.05, 3.63) is 47.5 Å². The Kier molecular flexibility index (Phi) is 10.7. The molecule has 10 atom stereocenters. The van der Waals surface area contributed by atoms with Gasteiger partial charge < -0.3 is 37.4 Å². The van der Waals surface area contributed by atoms with Crippen LogP contribution in [0.2, 0.25) is 0 Å². The van der Waals surface area contributed by atoms with Gasteiger partial charge in [0.05, 0.1) is 64.3 Å². The summed E-state index contributed by atoms with van der Waals surface area (Å²) in [7, 11) is 7.74. The van der Waals surface area contributed by atoms with Gasteiger partial charge in [0, 0.05) is 76.3 Å². The fourth-order valence-corrected chi connectivity index (χ4v) is 10.5. The average Bonchev–Trinajstić information content (AvgIpc) is 3.32. The summed E-state index contributed by atoms with van der Waals surface area (Å²) < 4.78 is 35.8. The number of fused-ring (bicyclic) bond motifs is 4. The lowest BCUT2D eigenvalue weighted by Gasteiger charge is -2.47. The van der Waals surface area contributed by atoms with Crippen LogP contribution in [-0.2, 0) is 41.7 Å². The Morgan fingerprint density at radius 2 is 0.907 bits per heavy atom. The number of rotatable bonds is 12. The number of carbonyl (C=O) groups is 4. The van der Waals surface area contributed by atoms with Gasteiger partial charge in [0.1, 0.15) is 25.3 Å². The predicted molar refractivity (Wildman–Crippen MR) is 196 cm³/mol. The summed E-state index contributed by atoms with van der Waals surface area (Å²) in [5.74, 6) is -0.257. The van der Waals surface area contributed by atoms with Crippen LogP contribution in [-0.4, -0.2) is 97.5 Å². The standard InChI is InChI=1S/C42H56N2O10/c1-25(45)51-37-15-7-27(17-39(37)49-5)23-43(3)29-9-10-30(43)20-33(19-29)53-41(47)35-13-14-36(35)42(48)54-34-21-31-11-12-32(22-34)44(31,4)24-28-8-16-38(52-26(2)46)40(18-28)50-6/h7-8,15-18,29-36H,9-14,19-24H2,1-6H3/q+2/t29-,30+,31-,32+,33?,34?,35?,36?,43?,44?. The van der Waals surface area contributed by atoms with Crippen molar-refractivity contribution in [1.82, 2.24) is 0 Å². The third kappa shape index (κ3) is 7.43. The minimum Gasteiger partial charge on any atom is -0.493 e. The number of hydrogen-bond donors (Lipinski definition) is 0. The van der Waals surface area contributed by atoms with Crippen LogP contribution in [0.4, 0.5) is 0 Å². The minimum absolute atomic E-state index is 0.151. The maximum Gasteiger partial charge on any atom is 0.310 e. The van der Waals surface area contributed by atoms with E-state index in [1.165, 1.54) is 13.8 Å². The number of esters is 4. The SMILES string of the molecule is COc1cc(C[N+]2(C)[C@@H]3CC[C@H]2CC(OC(=O)C2CCC2C(=O)OC2C[C@H]4CC[C@@H](C2)[N+]4(C)Cc2ccc(OC(C)=O)c(OC)c2)C3)ccc1OC(C)=O. The molecule has 0 N–H and O–H groups in total. The number of quaternary nitrogens is 2. The molecule has 2 aromatic rings. The maximum atomic E-state index is 13.5. The molecule has 0 aromatic heterocycles. The number of carbonyl (C=O) groups excluding carboxylic acids is 4. The van der Waals surface area contributed by atoms with Gasteiger partial charge in [0.15, 0.2) is 23.0 Å². The zero-order chi connectivity index (χ0) is 38.4. The van der Waals surface area contributed by atoms with Crippen molar-refractivity contribution in [2.24, 2.45) is 11.8 Å². The van der Waals surface area contributed by atoms with Crippen LogP contribution in [0.5, 0.6) is 23.0 Å². The first-order chi connectivity index (χ1) is 25.8. The zero-order valence-corrected chi connectivity index (χ0v) is 32.5. The third-order valence-electron chi connectivity index (χ3n) is 13.6. The first kappa shape index (κ1) is 38.1. The average molecular weight is 749 g/mol. The van der Waals surface area contributed by atoms with E-state index in [0.717, 1.165) is 84.5 Å². The van der Waals surface area contributed by atoms with E-state index >= 15 is 0 Å². The lowest BCUT2D eigenvalue weighted by molar-refractivity contribution is -0.961. The van der Waals surface area contributed by atoms with Gasteiger partial charge in [0.25, 0.3) is 0 Å². The smallest absolute Gasteiger partial charge is 0.310 e. The van der Waals surface area contributed by atoms with E-state index in [-0.39, 0.29) is 36.1 Å². The van der Waals surface area contributed by atoms with E-state index < -0.39 is 11.8 Å². The summed E-state index contributed by atoms with van der Waals surface area (Å²) in [5.41, 5.74) is 2.21. The lowest BCUT2D eigenvalue weighted by Crippen LogP contribution is -2.58. The molecule has 0 radical (unpaired) electrons. The lowest BCUT2D eigenvalue weighted by atomic mass is 9.73. The highest BCUT2D eigenvalue weighted by molar-refractivity contribution is 5.84. The molecular formula is C42H56N2O10+2. The van der Waals surface area contributed by atoms with Crippen LogP contribution < -0.4 is 18.9 Å². The summed E-state index contributed by atoms with van der Waals surface area (Å²) >= 11 is 0. The quantitative estimate of drug-likeness (QED) is 0.153. The molecule has 4 saturated heterocycles. The fourth-order valence-electron chi connectivity index (χ4n) is 10.5. The van der Waals surface area contributed by atoms with Gasteiger partial charge >= 0.3 is 23.9 Å². The van der Waals surface area contributed by atoms with Gasteiger partial charge in [-0.3, -0.25) is 19.2 Å². The Hall–Kier alpha value is -4.16. The van der Waals surface area contributed by atoms with Crippen molar-refractivity contribution >= 4 is 23.9 Å². The minimum atomic E-state index is -0.438. The van der Waals surface area contributed by atoms with Crippen LogP contribution >= 0.6 is 0 Å². The van der Waals surface area contributed by atoms with Crippen LogP contribution in [0.25, 0.3) is 0 Å². The molecule has 12 nitrogen and oxygen atoms in total. The molecule has 1 saturated carbocycles. The number of piperidine rings is 2. The normalized spacial score (nSPS) is 33.6. The van der Waals surface area contributed by atoms with E-state index in [4.69, 9.17) is 28.4 Å². The molecule has 0 spiro atoms. The number of hydrogen-bond acceptors (Lipinski definition) is 10. The largest absolute Gasteiger partial charge is 0.493 e. The molecule has 6 unspecified atom stereocenters. The molecule has 2 aromatic carbocycles. The van der Waals surface area contributed by atoms with Crippen molar-refractivity contribution in [3.8, 4) is 23.0 Å². The van der Waals surface area contributed by atoms with Crippen molar-refractivity contribution in [3.63, 3.8) is 0 Å². The Balaban J connectivity index is 0.909. The molecule has 7 rings (SSSR count). The second-order valence-corrected chi connectivity index (χ2v) is 16.8. The first-order valence-electron chi connectivity index (χ1n) is 19.6. The van der Waals surface area contributed by atoms with E-state index in [2.05, 4.69) is 14.1 Å². The fraction of sp³-hybridized carbons (Fsp3) is 0.619. The second kappa shape index (κ2) is 15.2. The van der Waals surface area contributed by atoms with E-state index in [0.29, 0.717) is 60.0 Å². The molecule has 12 heteroatoms.